The van der Waals surface area contributed by atoms with E-state index in [2.05, 4.69) is 11.3 Å². The highest BCUT2D eigenvalue weighted by Crippen LogP contribution is 2.22. The lowest BCUT2D eigenvalue weighted by molar-refractivity contribution is -0.384. The molecule has 0 bridgehead atoms. The fraction of sp³-hybridized carbons (Fsp3) is 0.333. The van der Waals surface area contributed by atoms with Gasteiger partial charge in [0.2, 0.25) is 0 Å². The third kappa shape index (κ3) is 3.85. The second kappa shape index (κ2) is 5.48. The summed E-state index contributed by atoms with van der Waals surface area (Å²) < 4.78 is 27.5. The maximum atomic E-state index is 13.6. The van der Waals surface area contributed by atoms with E-state index in [0.29, 0.717) is 0 Å². The summed E-state index contributed by atoms with van der Waals surface area (Å²) in [6.07, 6.45) is 0. The van der Waals surface area contributed by atoms with Crippen LogP contribution in [0.3, 0.4) is 0 Å². The second-order valence-electron chi connectivity index (χ2n) is 4.88. The zero-order chi connectivity index (χ0) is 14.8. The average Bonchev–Trinajstić information content (AvgIpc) is 2.27. The zero-order valence-corrected chi connectivity index (χ0v) is 11.7. The van der Waals surface area contributed by atoms with Gasteiger partial charge in [0, 0.05) is 23.4 Å². The van der Waals surface area contributed by atoms with E-state index in [-0.39, 0.29) is 16.9 Å². The van der Waals surface area contributed by atoms with Gasteiger partial charge in [-0.1, -0.05) is 6.58 Å². The van der Waals surface area contributed by atoms with Crippen LogP contribution in [0, 0.1) is 15.9 Å². The molecule has 0 heterocycles. The SMILES string of the molecule is C=C(NS(=O)C(C)(C)C)c1cc([N+](=O)[O-])ccc1F. The van der Waals surface area contributed by atoms with Gasteiger partial charge < -0.3 is 4.72 Å². The summed E-state index contributed by atoms with van der Waals surface area (Å²) in [4.78, 5) is 10.0. The number of nitro groups is 1. The van der Waals surface area contributed by atoms with Crippen molar-refractivity contribution in [1.29, 1.82) is 0 Å². The van der Waals surface area contributed by atoms with Crippen LogP contribution in [0.4, 0.5) is 10.1 Å². The fourth-order valence-electron chi connectivity index (χ4n) is 1.18. The second-order valence-corrected chi connectivity index (χ2v) is 6.85. The zero-order valence-electron chi connectivity index (χ0n) is 10.9. The van der Waals surface area contributed by atoms with Gasteiger partial charge in [0.05, 0.1) is 9.67 Å². The van der Waals surface area contributed by atoms with Crippen molar-refractivity contribution < 1.29 is 13.5 Å². The first-order valence-corrected chi connectivity index (χ1v) is 6.59. The van der Waals surface area contributed by atoms with Gasteiger partial charge in [0.1, 0.15) is 16.8 Å². The number of hydrogen-bond acceptors (Lipinski definition) is 3. The minimum Gasteiger partial charge on any atom is -0.305 e. The molecule has 19 heavy (non-hydrogen) atoms. The first-order valence-electron chi connectivity index (χ1n) is 5.44. The number of non-ortho nitro benzene ring substituents is 1. The average molecular weight is 286 g/mol. The monoisotopic (exact) mass is 286 g/mol. The molecule has 0 aliphatic carbocycles. The minimum atomic E-state index is -1.48. The molecule has 0 saturated heterocycles. The van der Waals surface area contributed by atoms with Gasteiger partial charge in [-0.3, -0.25) is 10.1 Å². The van der Waals surface area contributed by atoms with Gasteiger partial charge in [-0.15, -0.1) is 0 Å². The lowest BCUT2D eigenvalue weighted by Crippen LogP contribution is -2.32. The molecule has 1 rings (SSSR count). The van der Waals surface area contributed by atoms with Crippen molar-refractivity contribution >= 4 is 22.4 Å². The molecule has 0 aliphatic rings. The predicted molar refractivity (Wildman–Crippen MR) is 73.1 cm³/mol. The number of nitrogens with one attached hydrogen (secondary N) is 1. The summed E-state index contributed by atoms with van der Waals surface area (Å²) >= 11 is 0. The number of halogens is 1. The van der Waals surface area contributed by atoms with Crippen LogP contribution in [0.15, 0.2) is 24.8 Å². The molecule has 0 aromatic heterocycles. The Hall–Kier alpha value is -1.76. The molecule has 0 aliphatic heterocycles. The Morgan fingerprint density at radius 2 is 2.05 bits per heavy atom. The molecular weight excluding hydrogens is 271 g/mol. The van der Waals surface area contributed by atoms with Crippen molar-refractivity contribution in [2.75, 3.05) is 0 Å². The van der Waals surface area contributed by atoms with E-state index in [1.807, 2.05) is 0 Å². The Morgan fingerprint density at radius 3 is 2.53 bits per heavy atom. The molecule has 1 aromatic carbocycles. The molecule has 5 nitrogen and oxygen atoms in total. The Kier molecular flexibility index (Phi) is 4.41. The molecule has 0 saturated carbocycles. The van der Waals surface area contributed by atoms with E-state index in [1.54, 1.807) is 20.8 Å². The van der Waals surface area contributed by atoms with Gasteiger partial charge in [-0.25, -0.2) is 8.60 Å². The van der Waals surface area contributed by atoms with Crippen molar-refractivity contribution in [2.45, 2.75) is 25.5 Å². The molecular formula is C12H15FN2O3S. The molecule has 0 amide bonds. The van der Waals surface area contributed by atoms with E-state index >= 15 is 0 Å². The lowest BCUT2D eigenvalue weighted by atomic mass is 10.1. The van der Waals surface area contributed by atoms with Crippen LogP contribution in [0.25, 0.3) is 5.70 Å². The predicted octanol–water partition coefficient (Wildman–Crippen LogP) is 2.76. The maximum Gasteiger partial charge on any atom is 0.270 e. The van der Waals surface area contributed by atoms with E-state index in [4.69, 9.17) is 0 Å². The van der Waals surface area contributed by atoms with Crippen LogP contribution >= 0.6 is 0 Å². The molecule has 7 heteroatoms. The normalized spacial score (nSPS) is 12.8. The van der Waals surface area contributed by atoms with Crippen molar-refractivity contribution in [3.05, 3.63) is 46.3 Å². The third-order valence-corrected chi connectivity index (χ3v) is 3.80. The van der Waals surface area contributed by atoms with Crippen molar-refractivity contribution in [2.24, 2.45) is 0 Å². The number of benzene rings is 1. The standard InChI is InChI=1S/C12H15FN2O3S/c1-8(14-19(18)12(2,3)4)10-7-9(15(16)17)5-6-11(10)13/h5-7,14H,1H2,2-4H3. The van der Waals surface area contributed by atoms with Crippen LogP contribution in [0.5, 0.6) is 0 Å². The highest BCUT2D eigenvalue weighted by atomic mass is 32.2. The number of nitrogens with zero attached hydrogens (tertiary/aromatic N) is 1. The van der Waals surface area contributed by atoms with E-state index in [9.17, 15) is 18.7 Å². The van der Waals surface area contributed by atoms with Gasteiger partial charge in [0.15, 0.2) is 0 Å². The molecule has 1 atom stereocenters. The number of rotatable bonds is 4. The molecule has 1 N–H and O–H groups in total. The molecule has 0 spiro atoms. The Bertz CT molecular complexity index is 552. The lowest BCUT2D eigenvalue weighted by Gasteiger charge is -2.20. The van der Waals surface area contributed by atoms with Gasteiger partial charge in [-0.2, -0.15) is 0 Å². The van der Waals surface area contributed by atoms with E-state index in [0.717, 1.165) is 18.2 Å². The Labute approximate surface area is 113 Å². The fourth-order valence-corrected chi connectivity index (χ4v) is 1.82. The highest BCUT2D eigenvalue weighted by Gasteiger charge is 2.21. The van der Waals surface area contributed by atoms with Gasteiger partial charge >= 0.3 is 0 Å². The van der Waals surface area contributed by atoms with Gasteiger partial charge in [-0.05, 0) is 26.8 Å². The molecule has 0 fully saturated rings. The minimum absolute atomic E-state index is 0.0504. The summed E-state index contributed by atoms with van der Waals surface area (Å²) in [6, 6.07) is 3.11. The quantitative estimate of drug-likeness (QED) is 0.683. The van der Waals surface area contributed by atoms with Crippen molar-refractivity contribution in [1.82, 2.24) is 4.72 Å². The number of hydrogen-bond donors (Lipinski definition) is 1. The van der Waals surface area contributed by atoms with E-state index < -0.39 is 26.5 Å². The first kappa shape index (κ1) is 15.3. The van der Waals surface area contributed by atoms with Crippen LogP contribution in [-0.2, 0) is 11.0 Å². The van der Waals surface area contributed by atoms with Crippen LogP contribution in [0.2, 0.25) is 0 Å². The summed E-state index contributed by atoms with van der Waals surface area (Å²) in [5.41, 5.74) is -0.262. The highest BCUT2D eigenvalue weighted by molar-refractivity contribution is 7.84. The van der Waals surface area contributed by atoms with Crippen molar-refractivity contribution in [3.8, 4) is 0 Å². The largest absolute Gasteiger partial charge is 0.305 e. The summed E-state index contributed by atoms with van der Waals surface area (Å²) in [7, 11) is -1.48. The summed E-state index contributed by atoms with van der Waals surface area (Å²) in [6.45, 7) is 8.80. The molecule has 1 aromatic rings. The Balaban J connectivity index is 3.03. The molecule has 1 unspecified atom stereocenters. The maximum absolute atomic E-state index is 13.6. The van der Waals surface area contributed by atoms with Crippen LogP contribution in [-0.4, -0.2) is 13.9 Å². The van der Waals surface area contributed by atoms with Gasteiger partial charge in [0.25, 0.3) is 5.69 Å². The Morgan fingerprint density at radius 1 is 1.47 bits per heavy atom. The summed E-state index contributed by atoms with van der Waals surface area (Å²) in [5.74, 6) is -0.658. The number of nitro benzene ring substituents is 1. The third-order valence-electron chi connectivity index (χ3n) is 2.26. The molecule has 0 radical (unpaired) electrons. The van der Waals surface area contributed by atoms with Crippen LogP contribution < -0.4 is 4.72 Å². The van der Waals surface area contributed by atoms with Crippen LogP contribution in [0.1, 0.15) is 26.3 Å². The summed E-state index contributed by atoms with van der Waals surface area (Å²) in [5, 5.41) is 10.6. The topological polar surface area (TPSA) is 72.2 Å². The first-order chi connectivity index (χ1) is 8.62. The van der Waals surface area contributed by atoms with E-state index in [1.165, 1.54) is 0 Å². The smallest absolute Gasteiger partial charge is 0.270 e. The van der Waals surface area contributed by atoms with Crippen molar-refractivity contribution in [3.63, 3.8) is 0 Å². The molecule has 104 valence electrons.